The number of hydrogen-bond acceptors (Lipinski definition) is 4. The van der Waals surface area contributed by atoms with Crippen LogP contribution < -0.4 is 0 Å². The van der Waals surface area contributed by atoms with Crippen LogP contribution in [0.4, 0.5) is 0 Å². The van der Waals surface area contributed by atoms with Crippen LogP contribution in [-0.2, 0) is 14.6 Å². The second-order valence-corrected chi connectivity index (χ2v) is 5.53. The molecule has 0 bridgehead atoms. The number of benzene rings is 1. The molecule has 6 heteroatoms. The highest BCUT2D eigenvalue weighted by Gasteiger charge is 2.16. The molecule has 0 atom stereocenters. The summed E-state index contributed by atoms with van der Waals surface area (Å²) in [4.78, 5) is 11.3. The van der Waals surface area contributed by atoms with Crippen molar-refractivity contribution in [3.8, 4) is 0 Å². The topological polar surface area (TPSA) is 60.4 Å². The van der Waals surface area contributed by atoms with Gasteiger partial charge in [-0.3, -0.25) is 0 Å². The van der Waals surface area contributed by atoms with E-state index in [0.717, 1.165) is 6.26 Å². The number of carbonyl (C=O) groups is 1. The van der Waals surface area contributed by atoms with Crippen LogP contribution in [0.1, 0.15) is 17.3 Å². The van der Waals surface area contributed by atoms with Crippen LogP contribution in [0.25, 0.3) is 0 Å². The quantitative estimate of drug-likeness (QED) is 0.781. The molecule has 0 saturated carbocycles. The fourth-order valence-corrected chi connectivity index (χ4v) is 2.43. The normalized spacial score (nSPS) is 11.2. The van der Waals surface area contributed by atoms with Gasteiger partial charge in [-0.15, -0.1) is 0 Å². The fraction of sp³-hybridized carbons (Fsp3) is 0.300. The third kappa shape index (κ3) is 2.96. The summed E-state index contributed by atoms with van der Waals surface area (Å²) in [6, 6.07) is 4.01. The predicted molar refractivity (Wildman–Crippen MR) is 60.5 cm³/mol. The van der Waals surface area contributed by atoms with Gasteiger partial charge in [0.15, 0.2) is 9.84 Å². The molecule has 88 valence electrons. The van der Waals surface area contributed by atoms with Crippen molar-refractivity contribution in [2.24, 2.45) is 0 Å². The van der Waals surface area contributed by atoms with Crippen LogP contribution in [0.3, 0.4) is 0 Å². The Morgan fingerprint density at radius 1 is 1.44 bits per heavy atom. The van der Waals surface area contributed by atoms with Gasteiger partial charge < -0.3 is 4.74 Å². The zero-order valence-electron chi connectivity index (χ0n) is 8.86. The van der Waals surface area contributed by atoms with Crippen molar-refractivity contribution in [3.63, 3.8) is 0 Å². The monoisotopic (exact) mass is 262 g/mol. The Balaban J connectivity index is 3.23. The van der Waals surface area contributed by atoms with Crippen molar-refractivity contribution in [1.82, 2.24) is 0 Å². The molecule has 0 aromatic heterocycles. The highest BCUT2D eigenvalue weighted by molar-refractivity contribution is 7.90. The summed E-state index contributed by atoms with van der Waals surface area (Å²) in [5, 5.41) is 0.0931. The van der Waals surface area contributed by atoms with E-state index in [2.05, 4.69) is 0 Å². The molecule has 1 aromatic rings. The van der Waals surface area contributed by atoms with Crippen molar-refractivity contribution in [2.75, 3.05) is 12.9 Å². The van der Waals surface area contributed by atoms with Gasteiger partial charge in [-0.1, -0.05) is 11.6 Å². The number of carbonyl (C=O) groups excluding carboxylic acids is 1. The van der Waals surface area contributed by atoms with Gasteiger partial charge in [0.2, 0.25) is 0 Å². The lowest BCUT2D eigenvalue weighted by atomic mass is 10.2. The lowest BCUT2D eigenvalue weighted by Gasteiger charge is -2.05. The molecule has 0 N–H and O–H groups in total. The molecule has 0 fully saturated rings. The van der Waals surface area contributed by atoms with Crippen molar-refractivity contribution in [2.45, 2.75) is 11.8 Å². The molecule has 0 heterocycles. The summed E-state index contributed by atoms with van der Waals surface area (Å²) in [6.45, 7) is 1.90. The second-order valence-electron chi connectivity index (χ2n) is 3.14. The van der Waals surface area contributed by atoms with Gasteiger partial charge in [0.1, 0.15) is 0 Å². The van der Waals surface area contributed by atoms with E-state index in [-0.39, 0.29) is 22.1 Å². The van der Waals surface area contributed by atoms with Gasteiger partial charge in [-0.2, -0.15) is 0 Å². The molecule has 0 unspecified atom stereocenters. The van der Waals surface area contributed by atoms with Crippen LogP contribution in [0.5, 0.6) is 0 Å². The minimum absolute atomic E-state index is 0.0697. The first-order valence-electron chi connectivity index (χ1n) is 4.53. The van der Waals surface area contributed by atoms with E-state index in [4.69, 9.17) is 16.3 Å². The number of sulfone groups is 1. The van der Waals surface area contributed by atoms with E-state index in [1.807, 2.05) is 0 Å². The Bertz CT molecular complexity index is 508. The molecule has 4 nitrogen and oxygen atoms in total. The first kappa shape index (κ1) is 13.0. The maximum absolute atomic E-state index is 11.4. The lowest BCUT2D eigenvalue weighted by Crippen LogP contribution is -2.07. The van der Waals surface area contributed by atoms with Gasteiger partial charge in [0.25, 0.3) is 0 Å². The molecule has 0 aliphatic rings. The molecule has 1 aromatic carbocycles. The third-order valence-corrected chi connectivity index (χ3v) is 3.42. The maximum Gasteiger partial charge on any atom is 0.338 e. The largest absolute Gasteiger partial charge is 0.462 e. The summed E-state index contributed by atoms with van der Waals surface area (Å²) in [5.74, 6) is -0.566. The Morgan fingerprint density at radius 3 is 2.56 bits per heavy atom. The van der Waals surface area contributed by atoms with Crippen LogP contribution >= 0.6 is 11.6 Å². The molecule has 0 radical (unpaired) electrons. The molecule has 0 amide bonds. The SMILES string of the molecule is CCOC(=O)c1ccc(Cl)c(S(C)(=O)=O)c1. The summed E-state index contributed by atoms with van der Waals surface area (Å²) < 4.78 is 27.5. The van der Waals surface area contributed by atoms with Gasteiger partial charge in [0.05, 0.1) is 22.1 Å². The van der Waals surface area contributed by atoms with Gasteiger partial charge in [-0.25, -0.2) is 13.2 Å². The summed E-state index contributed by atoms with van der Waals surface area (Å²) >= 11 is 5.73. The minimum Gasteiger partial charge on any atom is -0.462 e. The van der Waals surface area contributed by atoms with Gasteiger partial charge >= 0.3 is 5.97 Å². The third-order valence-electron chi connectivity index (χ3n) is 1.84. The first-order valence-corrected chi connectivity index (χ1v) is 6.80. The molecule has 16 heavy (non-hydrogen) atoms. The average molecular weight is 263 g/mol. The molecule has 0 spiro atoms. The highest BCUT2D eigenvalue weighted by Crippen LogP contribution is 2.22. The van der Waals surface area contributed by atoms with Crippen molar-refractivity contribution >= 4 is 27.4 Å². The van der Waals surface area contributed by atoms with Gasteiger partial charge in [-0.05, 0) is 25.1 Å². The zero-order valence-corrected chi connectivity index (χ0v) is 10.4. The van der Waals surface area contributed by atoms with Crippen LogP contribution in [0.2, 0.25) is 5.02 Å². The maximum atomic E-state index is 11.4. The van der Waals surface area contributed by atoms with E-state index in [9.17, 15) is 13.2 Å². The molecule has 0 aliphatic carbocycles. The summed E-state index contributed by atoms with van der Waals surface area (Å²) in [6.07, 6.45) is 1.03. The lowest BCUT2D eigenvalue weighted by molar-refractivity contribution is 0.0526. The number of esters is 1. The minimum atomic E-state index is -3.44. The fourth-order valence-electron chi connectivity index (χ4n) is 1.13. The van der Waals surface area contributed by atoms with Crippen molar-refractivity contribution < 1.29 is 17.9 Å². The Kier molecular flexibility index (Phi) is 3.93. The van der Waals surface area contributed by atoms with E-state index in [1.54, 1.807) is 6.92 Å². The van der Waals surface area contributed by atoms with E-state index >= 15 is 0 Å². The van der Waals surface area contributed by atoms with E-state index in [1.165, 1.54) is 18.2 Å². The Labute approximate surface area is 99.1 Å². The van der Waals surface area contributed by atoms with Crippen LogP contribution in [-0.4, -0.2) is 27.2 Å². The van der Waals surface area contributed by atoms with E-state index in [0.29, 0.717) is 0 Å². The number of ether oxygens (including phenoxy) is 1. The molecular formula is C10H11ClO4S. The standard InChI is InChI=1S/C10H11ClO4S/c1-3-15-10(12)7-4-5-8(11)9(6-7)16(2,13)14/h4-6H,3H2,1-2H3. The van der Waals surface area contributed by atoms with Gasteiger partial charge in [0, 0.05) is 6.26 Å². The predicted octanol–water partition coefficient (Wildman–Crippen LogP) is 1.92. The Morgan fingerprint density at radius 2 is 2.06 bits per heavy atom. The number of hydrogen-bond donors (Lipinski definition) is 0. The average Bonchev–Trinajstić information content (AvgIpc) is 2.16. The van der Waals surface area contributed by atoms with Crippen molar-refractivity contribution in [1.29, 1.82) is 0 Å². The number of rotatable bonds is 3. The molecule has 0 aliphatic heterocycles. The number of halogens is 1. The summed E-state index contributed by atoms with van der Waals surface area (Å²) in [5.41, 5.74) is 0.173. The zero-order chi connectivity index (χ0) is 12.3. The van der Waals surface area contributed by atoms with Crippen LogP contribution in [0.15, 0.2) is 23.1 Å². The van der Waals surface area contributed by atoms with E-state index < -0.39 is 15.8 Å². The smallest absolute Gasteiger partial charge is 0.338 e. The molecule has 0 saturated heterocycles. The first-order chi connectivity index (χ1) is 7.36. The molecule has 1 rings (SSSR count). The second kappa shape index (κ2) is 4.84. The highest BCUT2D eigenvalue weighted by atomic mass is 35.5. The van der Waals surface area contributed by atoms with Crippen molar-refractivity contribution in [3.05, 3.63) is 28.8 Å². The summed E-state index contributed by atoms with van der Waals surface area (Å²) in [7, 11) is -3.44. The molecular weight excluding hydrogens is 252 g/mol. The van der Waals surface area contributed by atoms with Crippen LogP contribution in [0, 0.1) is 0 Å². The Hall–Kier alpha value is -1.07.